The quantitative estimate of drug-likeness (QED) is 0.139. The van der Waals surface area contributed by atoms with Crippen molar-refractivity contribution >= 4 is 90.3 Å². The van der Waals surface area contributed by atoms with Gasteiger partial charge in [-0.3, -0.25) is 4.90 Å². The summed E-state index contributed by atoms with van der Waals surface area (Å²) in [7, 11) is 30.4. The molecule has 4 aromatic rings. The summed E-state index contributed by atoms with van der Waals surface area (Å²) < 4.78 is 89.5. The molecule has 1 atom stereocenters. The number of nitrogens with one attached hydrogen (secondary N) is 2. The van der Waals surface area contributed by atoms with Gasteiger partial charge in [0.25, 0.3) is 0 Å². The minimum Gasteiger partial charge on any atom is -0.374 e. The topological polar surface area (TPSA) is 56.3 Å². The Labute approximate surface area is 288 Å². The van der Waals surface area contributed by atoms with E-state index in [0.717, 1.165) is 4.90 Å². The molecule has 6 nitrogen and oxygen atoms in total. The predicted octanol–water partition coefficient (Wildman–Crippen LogP) is 6.43. The molecule has 2 aliphatic rings. The monoisotopic (exact) mass is 686 g/mol. The van der Waals surface area contributed by atoms with Gasteiger partial charge in [-0.2, -0.15) is 22.0 Å². The summed E-state index contributed by atoms with van der Waals surface area (Å²) in [5.74, 6) is -1.37. The van der Waals surface area contributed by atoms with Crippen molar-refractivity contribution in [2.24, 2.45) is 0 Å². The molecule has 0 saturated carbocycles. The molecule has 1 unspecified atom stereocenters. The van der Waals surface area contributed by atoms with E-state index in [4.69, 9.17) is 50.8 Å². The number of hydrogen-bond donors (Lipinski definition) is 2. The first-order valence-corrected chi connectivity index (χ1v) is 14.4. The Morgan fingerprint density at radius 2 is 1.57 bits per heavy atom. The summed E-state index contributed by atoms with van der Waals surface area (Å²) in [6, 6.07) is 8.22. The van der Waals surface area contributed by atoms with Crippen LogP contribution >= 0.6 is 11.6 Å². The highest BCUT2D eigenvalue weighted by atomic mass is 35.5. The highest BCUT2D eigenvalue weighted by Gasteiger charge is 2.49. The van der Waals surface area contributed by atoms with Crippen molar-refractivity contribution in [1.29, 1.82) is 0 Å². The predicted molar refractivity (Wildman–Crippen MR) is 181 cm³/mol. The van der Waals surface area contributed by atoms with Gasteiger partial charge in [-0.1, -0.05) is 24.8 Å². The molecule has 2 N–H and O–H groups in total. The van der Waals surface area contributed by atoms with Crippen LogP contribution in [-0.4, -0.2) is 67.3 Å². The maximum absolute atomic E-state index is 14.8. The van der Waals surface area contributed by atoms with E-state index < -0.39 is 40.9 Å². The Bertz CT molecular complexity index is 1980. The number of fused-ring (bicyclic) bond motifs is 4. The molecule has 0 saturated heterocycles. The van der Waals surface area contributed by atoms with Gasteiger partial charge in [-0.15, -0.1) is 5.11 Å². The normalized spacial score (nSPS) is 16.0. The van der Waals surface area contributed by atoms with Gasteiger partial charge in [0, 0.05) is 45.4 Å². The number of alkyl halides is 5. The van der Waals surface area contributed by atoms with E-state index in [1.165, 1.54) is 48.8 Å². The van der Waals surface area contributed by atoms with Crippen LogP contribution < -0.4 is 20.4 Å². The molecule has 0 aliphatic carbocycles. The van der Waals surface area contributed by atoms with Crippen LogP contribution in [0, 0.1) is 11.6 Å². The van der Waals surface area contributed by atoms with Crippen molar-refractivity contribution in [2.45, 2.75) is 36.1 Å². The molecule has 3 heterocycles. The van der Waals surface area contributed by atoms with Crippen molar-refractivity contribution in [2.75, 3.05) is 15.1 Å². The van der Waals surface area contributed by atoms with Gasteiger partial charge >= 0.3 is 12.7 Å². The van der Waals surface area contributed by atoms with E-state index in [1.807, 2.05) is 0 Å². The van der Waals surface area contributed by atoms with E-state index >= 15 is 0 Å². The fourth-order valence-electron chi connectivity index (χ4n) is 5.53. The van der Waals surface area contributed by atoms with Gasteiger partial charge in [0.15, 0.2) is 0 Å². The van der Waals surface area contributed by atoms with E-state index in [-0.39, 0.29) is 57.5 Å². The average molecular weight is 686 g/mol. The van der Waals surface area contributed by atoms with E-state index in [1.54, 1.807) is 0 Å². The lowest BCUT2D eigenvalue weighted by Gasteiger charge is -2.50. The smallest absolute Gasteiger partial charge is 0.374 e. The Morgan fingerprint density at radius 3 is 2.18 bits per heavy atom. The molecule has 1 aromatic heterocycles. The highest BCUT2D eigenvalue weighted by molar-refractivity contribution is 6.68. The maximum atomic E-state index is 14.8. The van der Waals surface area contributed by atoms with Crippen molar-refractivity contribution in [3.63, 3.8) is 0 Å². The van der Waals surface area contributed by atoms with Gasteiger partial charge in [-0.25, -0.2) is 18.7 Å². The molecule has 2 aliphatic heterocycles. The summed E-state index contributed by atoms with van der Waals surface area (Å²) >= 11 is 6.50. The summed E-state index contributed by atoms with van der Waals surface area (Å²) in [6.45, 7) is 4.88. The molecule has 0 bridgehead atoms. The molecule has 10 radical (unpaired) electrons. The number of aromatic nitrogens is 2. The fraction of sp³-hybridized carbons (Fsp3) is 0.200. The van der Waals surface area contributed by atoms with Gasteiger partial charge < -0.3 is 15.5 Å². The van der Waals surface area contributed by atoms with Crippen molar-refractivity contribution in [1.82, 2.24) is 15.3 Å². The van der Waals surface area contributed by atoms with Crippen LogP contribution in [0.2, 0.25) is 10.1 Å². The SMILES string of the molecule is CC(F)(F)F.[B]C([B])([B])C([B])([B])N1C(=C)N(C(F)F)c2c1cc(Nc1ncnc3ccc(F)cc13)c1c2C(=C)NC1c1cc(F)ccc1Cl. The number of nitrogens with zero attached hydrogens (tertiary/aromatic N) is 4. The van der Waals surface area contributed by atoms with Crippen LogP contribution in [0.4, 0.5) is 53.6 Å². The zero-order chi connectivity index (χ0) is 36.4. The van der Waals surface area contributed by atoms with Crippen molar-refractivity contribution in [3.8, 4) is 0 Å². The Balaban J connectivity index is 0.000000874. The van der Waals surface area contributed by atoms with Crippen LogP contribution in [0.15, 0.2) is 67.8 Å². The first-order valence-electron chi connectivity index (χ1n) is 14.0. The zero-order valence-electron chi connectivity index (χ0n) is 25.4. The summed E-state index contributed by atoms with van der Waals surface area (Å²) in [5.41, 5.74) is 1.44. The van der Waals surface area contributed by atoms with Crippen LogP contribution in [0.1, 0.15) is 29.7 Å². The second-order valence-electron chi connectivity index (χ2n) is 11.2. The second-order valence-corrected chi connectivity index (χ2v) is 11.7. The van der Waals surface area contributed by atoms with Gasteiger partial charge in [0.05, 0.1) is 62.2 Å². The summed E-state index contributed by atoms with van der Waals surface area (Å²) in [6.07, 6.45) is -2.74. The third-order valence-electron chi connectivity index (χ3n) is 7.63. The van der Waals surface area contributed by atoms with Crippen molar-refractivity contribution in [3.05, 3.63) is 101 Å². The molecular weight excluding hydrogens is 667 g/mol. The largest absolute Gasteiger partial charge is 0.386 e. The van der Waals surface area contributed by atoms with E-state index in [2.05, 4.69) is 33.8 Å². The maximum Gasteiger partial charge on any atom is 0.386 e. The lowest BCUT2D eigenvalue weighted by Crippen LogP contribution is -2.59. The molecule has 0 amide bonds. The van der Waals surface area contributed by atoms with Crippen LogP contribution in [-0.2, 0) is 0 Å². The highest BCUT2D eigenvalue weighted by Crippen LogP contribution is 2.57. The number of benzene rings is 3. The van der Waals surface area contributed by atoms with E-state index in [9.17, 15) is 30.7 Å². The standard InChI is InChI=1S/C28H16B5ClF4N6.C2H3F3/c1-11-21-22(23(41-11)15-7-13(35)3-5-17(15)34)19(42-25-16-8-14(36)4-6-18(16)39-10-40-25)9-20-24(21)43(26(37)38)12(2)44(20)28(32,33)27(29,30)31;1-2(3,4)5/h3-10,23,26,41H,1-2H2,(H,39,40,42);1H3. The minimum absolute atomic E-state index is 0.0224. The average Bonchev–Trinajstić information content (AvgIpc) is 3.47. The van der Waals surface area contributed by atoms with Crippen LogP contribution in [0.3, 0.4) is 0 Å². The zero-order valence-corrected chi connectivity index (χ0v) is 26.1. The lowest BCUT2D eigenvalue weighted by atomic mass is 9.26. The molecule has 0 spiro atoms. The number of hydrogen-bond acceptors (Lipinski definition) is 6. The van der Waals surface area contributed by atoms with Gasteiger partial charge in [0.2, 0.25) is 0 Å². The Kier molecular flexibility index (Phi) is 9.28. The molecule has 0 fully saturated rings. The van der Waals surface area contributed by atoms with Crippen LogP contribution in [0.25, 0.3) is 16.6 Å². The van der Waals surface area contributed by atoms with Crippen molar-refractivity contribution < 1.29 is 30.7 Å². The van der Waals surface area contributed by atoms with Crippen LogP contribution in [0.5, 0.6) is 0 Å². The molecular formula is C30H19B5ClF7N6. The first-order chi connectivity index (χ1) is 22.6. The molecule has 3 aromatic carbocycles. The van der Waals surface area contributed by atoms with Gasteiger partial charge in [-0.05, 0) is 47.8 Å². The minimum atomic E-state index is -4.00. The summed E-state index contributed by atoms with van der Waals surface area (Å²) in [4.78, 5) is 10.0. The Hall–Kier alpha value is -4.20. The molecule has 19 heteroatoms. The van der Waals surface area contributed by atoms with Gasteiger partial charge in [0.1, 0.15) is 29.6 Å². The number of halogens is 8. The summed E-state index contributed by atoms with van der Waals surface area (Å²) in [5, 5.41) is 2.08. The number of anilines is 4. The first kappa shape index (κ1) is 36.1. The third-order valence-corrected chi connectivity index (χ3v) is 7.97. The second kappa shape index (κ2) is 12.6. The Morgan fingerprint density at radius 1 is 0.959 bits per heavy atom. The molecule has 6 rings (SSSR count). The fourth-order valence-corrected chi connectivity index (χ4v) is 5.76. The molecule has 49 heavy (non-hydrogen) atoms. The lowest BCUT2D eigenvalue weighted by molar-refractivity contribution is -0.110. The van der Waals surface area contributed by atoms with E-state index in [0.29, 0.717) is 21.4 Å². The number of rotatable bonds is 6. The third kappa shape index (κ3) is 6.71. The molecule has 240 valence electrons.